The maximum absolute atomic E-state index is 13.6. The fourth-order valence-electron chi connectivity index (χ4n) is 9.24. The van der Waals surface area contributed by atoms with Crippen LogP contribution >= 0.6 is 0 Å². The zero-order valence-electron chi connectivity index (χ0n) is 25.9. The molecule has 0 unspecified atom stereocenters. The lowest BCUT2D eigenvalue weighted by Crippen LogP contribution is -2.69. The Balaban J connectivity index is 1.50. The predicted molar refractivity (Wildman–Crippen MR) is 158 cm³/mol. The molecule has 9 nitrogen and oxygen atoms in total. The van der Waals surface area contributed by atoms with Gasteiger partial charge in [-0.2, -0.15) is 0 Å². The van der Waals surface area contributed by atoms with Crippen LogP contribution in [0.5, 0.6) is 0 Å². The molecule has 10 atom stereocenters. The third-order valence-corrected chi connectivity index (χ3v) is 11.9. The van der Waals surface area contributed by atoms with Gasteiger partial charge in [0.1, 0.15) is 17.3 Å². The van der Waals surface area contributed by atoms with E-state index in [-0.39, 0.29) is 32.1 Å². The van der Waals surface area contributed by atoms with Crippen molar-refractivity contribution in [2.45, 2.75) is 127 Å². The molecule has 0 radical (unpaired) electrons. The predicted octanol–water partition coefficient (Wildman–Crippen LogP) is 2.83. The molecular weight excluding hydrogens is 552 g/mol. The number of aliphatic hydroxyl groups is 6. The highest BCUT2D eigenvalue weighted by Crippen LogP contribution is 2.69. The van der Waals surface area contributed by atoms with Gasteiger partial charge >= 0.3 is 5.97 Å². The molecule has 1 aromatic rings. The second-order valence-electron chi connectivity index (χ2n) is 15.1. The van der Waals surface area contributed by atoms with E-state index in [1.165, 1.54) is 6.08 Å². The molecule has 5 rings (SSSR count). The van der Waals surface area contributed by atoms with Crippen LogP contribution in [0.4, 0.5) is 0 Å². The SMILES string of the molecule is CC(C)(O)CC[C@@H](OC(=O)c1ccccc1)[C@](C)(O)[C@H]1CC[C@@]2(O)C3=CC(=O)[C@]4(O)C[C@@H](O)[C@@H](O)C[C@]4(C)[C@H]3CC[C@]12C. The first-order valence-electron chi connectivity index (χ1n) is 15.6. The number of carbonyl (C=O) groups is 2. The minimum atomic E-state index is -1.86. The van der Waals surface area contributed by atoms with Crippen molar-refractivity contribution in [2.75, 3.05) is 0 Å². The van der Waals surface area contributed by atoms with Crippen LogP contribution in [0.25, 0.3) is 0 Å². The molecule has 43 heavy (non-hydrogen) atoms. The molecule has 0 aromatic heterocycles. The number of esters is 1. The first-order chi connectivity index (χ1) is 19.8. The number of carbonyl (C=O) groups excluding carboxylic acids is 2. The number of benzene rings is 1. The second-order valence-corrected chi connectivity index (χ2v) is 15.1. The van der Waals surface area contributed by atoms with E-state index in [0.717, 1.165) is 0 Å². The quantitative estimate of drug-likeness (QED) is 0.258. The second kappa shape index (κ2) is 10.5. The van der Waals surface area contributed by atoms with E-state index in [4.69, 9.17) is 4.74 Å². The van der Waals surface area contributed by atoms with Crippen LogP contribution in [-0.2, 0) is 9.53 Å². The molecule has 238 valence electrons. The van der Waals surface area contributed by atoms with Crippen molar-refractivity contribution >= 4 is 11.8 Å². The van der Waals surface area contributed by atoms with Crippen LogP contribution in [0.15, 0.2) is 42.0 Å². The Morgan fingerprint density at radius 3 is 2.21 bits per heavy atom. The number of aliphatic hydroxyl groups excluding tert-OH is 2. The molecular formula is C34H48O9. The van der Waals surface area contributed by atoms with Gasteiger partial charge in [0.15, 0.2) is 5.78 Å². The molecule has 6 N–H and O–H groups in total. The zero-order valence-corrected chi connectivity index (χ0v) is 25.9. The summed E-state index contributed by atoms with van der Waals surface area (Å²) in [5.74, 6) is -2.12. The fourth-order valence-corrected chi connectivity index (χ4v) is 9.24. The van der Waals surface area contributed by atoms with Crippen molar-refractivity contribution in [1.29, 1.82) is 0 Å². The van der Waals surface area contributed by atoms with Gasteiger partial charge in [-0.1, -0.05) is 32.0 Å². The Hall–Kier alpha value is -2.14. The summed E-state index contributed by atoms with van der Waals surface area (Å²) in [6, 6.07) is 8.51. The van der Waals surface area contributed by atoms with Gasteiger partial charge in [0.25, 0.3) is 0 Å². The van der Waals surface area contributed by atoms with Gasteiger partial charge in [-0.15, -0.1) is 0 Å². The Labute approximate surface area is 253 Å². The molecule has 1 aromatic carbocycles. The first-order valence-corrected chi connectivity index (χ1v) is 15.6. The van der Waals surface area contributed by atoms with Gasteiger partial charge in [-0.05, 0) is 101 Å². The molecule has 0 amide bonds. The summed E-state index contributed by atoms with van der Waals surface area (Å²) >= 11 is 0. The third kappa shape index (κ3) is 4.91. The number of hydrogen-bond acceptors (Lipinski definition) is 9. The summed E-state index contributed by atoms with van der Waals surface area (Å²) in [5, 5.41) is 68.0. The van der Waals surface area contributed by atoms with Gasteiger partial charge in [-0.25, -0.2) is 4.79 Å². The largest absolute Gasteiger partial charge is 0.456 e. The summed E-state index contributed by atoms with van der Waals surface area (Å²) < 4.78 is 5.98. The van der Waals surface area contributed by atoms with Crippen LogP contribution in [0.2, 0.25) is 0 Å². The van der Waals surface area contributed by atoms with Crippen LogP contribution in [0, 0.1) is 22.7 Å². The van der Waals surface area contributed by atoms with Crippen molar-refractivity contribution in [3.63, 3.8) is 0 Å². The summed E-state index contributed by atoms with van der Waals surface area (Å²) in [5.41, 5.74) is -7.17. The lowest BCUT2D eigenvalue weighted by Gasteiger charge is -2.62. The number of fused-ring (bicyclic) bond motifs is 5. The van der Waals surface area contributed by atoms with Gasteiger partial charge in [0, 0.05) is 17.3 Å². The monoisotopic (exact) mass is 600 g/mol. The highest BCUT2D eigenvalue weighted by molar-refractivity contribution is 6.00. The molecule has 0 bridgehead atoms. The van der Waals surface area contributed by atoms with E-state index in [2.05, 4.69) is 0 Å². The molecule has 0 aliphatic heterocycles. The molecule has 9 heteroatoms. The molecule has 3 saturated carbocycles. The lowest BCUT2D eigenvalue weighted by atomic mass is 9.44. The molecule has 0 heterocycles. The Morgan fingerprint density at radius 1 is 0.953 bits per heavy atom. The summed E-state index contributed by atoms with van der Waals surface area (Å²) in [4.78, 5) is 26.7. The van der Waals surface area contributed by atoms with Crippen molar-refractivity contribution in [1.82, 2.24) is 0 Å². The Bertz CT molecular complexity index is 1280. The summed E-state index contributed by atoms with van der Waals surface area (Å²) in [6.45, 7) is 8.62. The minimum Gasteiger partial charge on any atom is -0.456 e. The average molecular weight is 601 g/mol. The van der Waals surface area contributed by atoms with Crippen LogP contribution in [-0.4, -0.2) is 83.1 Å². The number of ether oxygens (including phenoxy) is 1. The van der Waals surface area contributed by atoms with E-state index in [9.17, 15) is 40.2 Å². The zero-order chi connectivity index (χ0) is 31.8. The minimum absolute atomic E-state index is 0.0147. The smallest absolute Gasteiger partial charge is 0.338 e. The van der Waals surface area contributed by atoms with Crippen LogP contribution in [0.3, 0.4) is 0 Å². The molecule has 0 saturated heterocycles. The van der Waals surface area contributed by atoms with E-state index in [1.807, 2.05) is 6.92 Å². The average Bonchev–Trinajstić information content (AvgIpc) is 3.21. The van der Waals surface area contributed by atoms with Crippen molar-refractivity contribution in [2.24, 2.45) is 22.7 Å². The van der Waals surface area contributed by atoms with E-state index in [1.54, 1.807) is 58.0 Å². The highest BCUT2D eigenvalue weighted by Gasteiger charge is 2.72. The topological polar surface area (TPSA) is 165 Å². The molecule has 4 aliphatic carbocycles. The molecule has 0 spiro atoms. The van der Waals surface area contributed by atoms with E-state index in [0.29, 0.717) is 30.4 Å². The maximum Gasteiger partial charge on any atom is 0.338 e. The Morgan fingerprint density at radius 2 is 1.58 bits per heavy atom. The highest BCUT2D eigenvalue weighted by atomic mass is 16.6. The first kappa shape index (κ1) is 32.3. The number of ketones is 1. The van der Waals surface area contributed by atoms with Gasteiger partial charge in [-0.3, -0.25) is 4.79 Å². The van der Waals surface area contributed by atoms with Crippen LogP contribution < -0.4 is 0 Å². The molecule has 3 fully saturated rings. The third-order valence-electron chi connectivity index (χ3n) is 11.9. The van der Waals surface area contributed by atoms with Gasteiger partial charge < -0.3 is 35.4 Å². The van der Waals surface area contributed by atoms with E-state index >= 15 is 0 Å². The van der Waals surface area contributed by atoms with Crippen molar-refractivity contribution in [3.05, 3.63) is 47.5 Å². The van der Waals surface area contributed by atoms with Crippen LogP contribution in [0.1, 0.15) is 96.3 Å². The summed E-state index contributed by atoms with van der Waals surface area (Å²) in [6.07, 6.45) is -0.182. The van der Waals surface area contributed by atoms with Gasteiger partial charge in [0.2, 0.25) is 0 Å². The standard InChI is InChI=1S/C34H48O9/c1-29(2,39)14-13-27(43-28(38)20-9-7-6-8-10-20)32(5,40)25-12-16-33(41)22-17-26(37)34(42)19-24(36)23(35)18-31(34,4)21(22)11-15-30(25,33)3/h6-10,17,21,23-25,27,35-36,39-42H,11-16,18-19H2,1-5H3/t21-,23-,24+,25-,27+,30+,31+,32+,33+,34+/m0/s1. The summed E-state index contributed by atoms with van der Waals surface area (Å²) in [7, 11) is 0. The number of rotatable bonds is 7. The lowest BCUT2D eigenvalue weighted by molar-refractivity contribution is -0.211. The van der Waals surface area contributed by atoms with E-state index < -0.39 is 75.1 Å². The van der Waals surface area contributed by atoms with Gasteiger partial charge in [0.05, 0.1) is 29.0 Å². The fraction of sp³-hybridized carbons (Fsp3) is 0.706. The van der Waals surface area contributed by atoms with Crippen molar-refractivity contribution in [3.8, 4) is 0 Å². The maximum atomic E-state index is 13.6. The molecule has 4 aliphatic rings. The number of hydrogen-bond donors (Lipinski definition) is 6. The Kier molecular flexibility index (Phi) is 7.85. The normalized spacial score (nSPS) is 41.3. The van der Waals surface area contributed by atoms with Crippen molar-refractivity contribution < 1.29 is 45.0 Å².